The van der Waals surface area contributed by atoms with Gasteiger partial charge in [-0.2, -0.15) is 0 Å². The molecule has 1 saturated carbocycles. The van der Waals surface area contributed by atoms with E-state index in [1.54, 1.807) is 24.0 Å². The van der Waals surface area contributed by atoms with Gasteiger partial charge in [-0.3, -0.25) is 0 Å². The van der Waals surface area contributed by atoms with Crippen molar-refractivity contribution in [1.29, 1.82) is 0 Å². The zero-order valence-electron chi connectivity index (χ0n) is 15.9. The highest BCUT2D eigenvalue weighted by molar-refractivity contribution is 7.98. The first-order valence-corrected chi connectivity index (χ1v) is 12.5. The summed E-state index contributed by atoms with van der Waals surface area (Å²) >= 11 is 1.76. The average Bonchev–Trinajstić information content (AvgIpc) is 3.28. The molecule has 4 rings (SSSR count). The van der Waals surface area contributed by atoms with Gasteiger partial charge in [-0.25, -0.2) is 13.4 Å². The molecule has 5 heteroatoms. The van der Waals surface area contributed by atoms with Crippen molar-refractivity contribution in [2.45, 2.75) is 48.4 Å². The van der Waals surface area contributed by atoms with Crippen LogP contribution in [0.4, 0.5) is 0 Å². The first-order valence-electron chi connectivity index (χ1n) is 9.43. The Morgan fingerprint density at radius 1 is 0.926 bits per heavy atom. The molecule has 1 aromatic heterocycles. The number of hydrogen-bond donors (Lipinski definition) is 0. The minimum Gasteiger partial charge on any atom is -0.244 e. The molecule has 0 bridgehead atoms. The smallest absolute Gasteiger partial charge is 0.192 e. The Kier molecular flexibility index (Phi) is 4.93. The number of allylic oxidation sites excluding steroid dienone is 2. The molecule has 1 fully saturated rings. The SMILES string of the molecule is CSc1ccc(C2=C(c3ccc(S(C)(=O)=O)nc3)CC3(CCCC3)C2)cc1. The monoisotopic (exact) mass is 399 g/mol. The second-order valence-electron chi connectivity index (χ2n) is 7.90. The maximum Gasteiger partial charge on any atom is 0.192 e. The number of sulfone groups is 1. The number of thioether (sulfide) groups is 1. The fourth-order valence-corrected chi connectivity index (χ4v) is 5.60. The zero-order chi connectivity index (χ0) is 19.1. The molecule has 0 saturated heterocycles. The Hall–Kier alpha value is -1.59. The summed E-state index contributed by atoms with van der Waals surface area (Å²) in [5, 5.41) is 0.145. The lowest BCUT2D eigenvalue weighted by Crippen LogP contribution is -2.11. The number of hydrogen-bond acceptors (Lipinski definition) is 4. The van der Waals surface area contributed by atoms with Crippen LogP contribution < -0.4 is 0 Å². The molecule has 1 spiro atoms. The molecule has 0 N–H and O–H groups in total. The molecule has 3 nitrogen and oxygen atoms in total. The Balaban J connectivity index is 1.76. The van der Waals surface area contributed by atoms with Gasteiger partial charge in [0.1, 0.15) is 0 Å². The van der Waals surface area contributed by atoms with Crippen LogP contribution in [0.2, 0.25) is 0 Å². The van der Waals surface area contributed by atoms with Gasteiger partial charge in [-0.05, 0) is 77.8 Å². The second kappa shape index (κ2) is 7.10. The van der Waals surface area contributed by atoms with Gasteiger partial charge in [0.05, 0.1) is 0 Å². The summed E-state index contributed by atoms with van der Waals surface area (Å²) in [4.78, 5) is 5.51. The quantitative estimate of drug-likeness (QED) is 0.640. The van der Waals surface area contributed by atoms with Gasteiger partial charge in [0.2, 0.25) is 0 Å². The summed E-state index contributed by atoms with van der Waals surface area (Å²) in [5.74, 6) is 0. The molecule has 0 atom stereocenters. The van der Waals surface area contributed by atoms with E-state index in [9.17, 15) is 8.42 Å². The Morgan fingerprint density at radius 3 is 2.04 bits per heavy atom. The lowest BCUT2D eigenvalue weighted by Gasteiger charge is -2.23. The molecular weight excluding hydrogens is 374 g/mol. The standard InChI is InChI=1S/C22H25NO2S2/c1-26-18-8-5-16(6-9-18)19-13-22(11-3-4-12-22)14-20(19)17-7-10-21(23-15-17)27(2,24)25/h5-10,15H,3-4,11-14H2,1-2H3. The molecular formula is C22H25NO2S2. The normalized spacial score (nSPS) is 19.2. The first-order chi connectivity index (χ1) is 12.9. The van der Waals surface area contributed by atoms with Gasteiger partial charge in [-0.1, -0.05) is 31.0 Å². The highest BCUT2D eigenvalue weighted by Crippen LogP contribution is 2.57. The molecule has 142 valence electrons. The van der Waals surface area contributed by atoms with Crippen molar-refractivity contribution >= 4 is 32.7 Å². The summed E-state index contributed by atoms with van der Waals surface area (Å²) in [6.45, 7) is 0. The lowest BCUT2D eigenvalue weighted by atomic mass is 9.81. The second-order valence-corrected chi connectivity index (χ2v) is 10.7. The van der Waals surface area contributed by atoms with Crippen molar-refractivity contribution in [2.24, 2.45) is 5.41 Å². The molecule has 0 radical (unpaired) electrons. The Morgan fingerprint density at radius 2 is 1.52 bits per heavy atom. The van der Waals surface area contributed by atoms with E-state index in [1.807, 2.05) is 6.07 Å². The van der Waals surface area contributed by atoms with Crippen LogP contribution in [0.15, 0.2) is 52.5 Å². The highest BCUT2D eigenvalue weighted by atomic mass is 32.2. The number of pyridine rings is 1. The largest absolute Gasteiger partial charge is 0.244 e. The zero-order valence-corrected chi connectivity index (χ0v) is 17.5. The molecule has 1 aromatic carbocycles. The van der Waals surface area contributed by atoms with Crippen LogP contribution in [-0.4, -0.2) is 25.9 Å². The van der Waals surface area contributed by atoms with Gasteiger partial charge in [-0.15, -0.1) is 11.8 Å². The van der Waals surface area contributed by atoms with Gasteiger partial charge in [0, 0.05) is 17.3 Å². The fraction of sp³-hybridized carbons (Fsp3) is 0.409. The van der Waals surface area contributed by atoms with Crippen LogP contribution in [0.1, 0.15) is 49.7 Å². The topological polar surface area (TPSA) is 47.0 Å². The molecule has 0 amide bonds. The number of rotatable bonds is 4. The predicted octanol–water partition coefficient (Wildman–Crippen LogP) is 5.47. The lowest BCUT2D eigenvalue weighted by molar-refractivity contribution is 0.330. The maximum absolute atomic E-state index is 11.7. The van der Waals surface area contributed by atoms with E-state index in [0.717, 1.165) is 18.4 Å². The number of benzene rings is 1. The van der Waals surface area contributed by atoms with E-state index in [4.69, 9.17) is 0 Å². The third kappa shape index (κ3) is 3.72. The summed E-state index contributed by atoms with van der Waals surface area (Å²) in [6, 6.07) is 12.4. The fourth-order valence-electron chi connectivity index (χ4n) is 4.63. The molecule has 0 aliphatic heterocycles. The highest BCUT2D eigenvalue weighted by Gasteiger charge is 2.41. The minimum atomic E-state index is -3.27. The first kappa shape index (κ1) is 18.8. The van der Waals surface area contributed by atoms with Crippen molar-refractivity contribution in [2.75, 3.05) is 12.5 Å². The molecule has 2 aliphatic carbocycles. The van der Waals surface area contributed by atoms with E-state index in [1.165, 1.54) is 53.5 Å². The molecule has 27 heavy (non-hydrogen) atoms. The van der Waals surface area contributed by atoms with Crippen LogP contribution in [0.25, 0.3) is 11.1 Å². The van der Waals surface area contributed by atoms with Crippen LogP contribution in [0.5, 0.6) is 0 Å². The van der Waals surface area contributed by atoms with Crippen molar-refractivity contribution in [1.82, 2.24) is 4.98 Å². The average molecular weight is 400 g/mol. The summed E-state index contributed by atoms with van der Waals surface area (Å²) in [7, 11) is -3.27. The molecule has 2 aliphatic rings. The molecule has 0 unspecified atom stereocenters. The minimum absolute atomic E-state index is 0.145. The van der Waals surface area contributed by atoms with Crippen molar-refractivity contribution in [3.63, 3.8) is 0 Å². The summed E-state index contributed by atoms with van der Waals surface area (Å²) < 4.78 is 23.5. The summed E-state index contributed by atoms with van der Waals surface area (Å²) in [5.41, 5.74) is 5.51. The van der Waals surface area contributed by atoms with Crippen LogP contribution in [0.3, 0.4) is 0 Å². The molecule has 1 heterocycles. The van der Waals surface area contributed by atoms with Crippen molar-refractivity contribution in [3.8, 4) is 0 Å². The third-order valence-electron chi connectivity index (χ3n) is 6.04. The Bertz CT molecular complexity index is 968. The van der Waals surface area contributed by atoms with Gasteiger partial charge in [0.25, 0.3) is 0 Å². The number of nitrogens with zero attached hydrogens (tertiary/aromatic N) is 1. The summed E-state index contributed by atoms with van der Waals surface area (Å²) in [6.07, 6.45) is 12.5. The predicted molar refractivity (Wildman–Crippen MR) is 113 cm³/mol. The molecule has 2 aromatic rings. The van der Waals surface area contributed by atoms with Crippen LogP contribution in [0, 0.1) is 5.41 Å². The van der Waals surface area contributed by atoms with Crippen molar-refractivity contribution in [3.05, 3.63) is 53.7 Å². The van der Waals surface area contributed by atoms with E-state index in [-0.39, 0.29) is 5.03 Å². The number of aromatic nitrogens is 1. The van der Waals surface area contributed by atoms with E-state index < -0.39 is 9.84 Å². The van der Waals surface area contributed by atoms with E-state index in [2.05, 4.69) is 35.5 Å². The maximum atomic E-state index is 11.7. The van der Waals surface area contributed by atoms with Crippen LogP contribution in [-0.2, 0) is 9.84 Å². The van der Waals surface area contributed by atoms with Gasteiger partial charge < -0.3 is 0 Å². The van der Waals surface area contributed by atoms with E-state index >= 15 is 0 Å². The third-order valence-corrected chi connectivity index (χ3v) is 7.78. The van der Waals surface area contributed by atoms with Gasteiger partial charge >= 0.3 is 0 Å². The van der Waals surface area contributed by atoms with Crippen molar-refractivity contribution < 1.29 is 8.42 Å². The Labute approximate surface area is 166 Å². The van der Waals surface area contributed by atoms with E-state index in [0.29, 0.717) is 5.41 Å². The van der Waals surface area contributed by atoms with Gasteiger partial charge in [0.15, 0.2) is 14.9 Å². The van der Waals surface area contributed by atoms with Crippen LogP contribution >= 0.6 is 11.8 Å².